The zero-order chi connectivity index (χ0) is 13.6. The average molecular weight is 277 g/mol. The Kier molecular flexibility index (Phi) is 3.30. The molecule has 0 aliphatic heterocycles. The van der Waals surface area contributed by atoms with Crippen LogP contribution in [0, 0.1) is 18.8 Å². The zero-order valence-corrected chi connectivity index (χ0v) is 12.6. The molecule has 2 atom stereocenters. The van der Waals surface area contributed by atoms with E-state index in [2.05, 4.69) is 36.6 Å². The monoisotopic (exact) mass is 276 g/mol. The molecule has 0 amide bonds. The van der Waals surface area contributed by atoms with Crippen molar-refractivity contribution in [2.75, 3.05) is 0 Å². The van der Waals surface area contributed by atoms with Gasteiger partial charge in [-0.2, -0.15) is 0 Å². The summed E-state index contributed by atoms with van der Waals surface area (Å²) in [6.45, 7) is 7.50. The normalized spacial score (nSPS) is 18.7. The Morgan fingerprint density at radius 1 is 1.37 bits per heavy atom. The van der Waals surface area contributed by atoms with Crippen LogP contribution in [0.4, 0.5) is 0 Å². The van der Waals surface area contributed by atoms with E-state index in [-0.39, 0.29) is 5.38 Å². The van der Waals surface area contributed by atoms with E-state index in [4.69, 9.17) is 16.6 Å². The van der Waals surface area contributed by atoms with E-state index >= 15 is 0 Å². The number of rotatable bonds is 4. The molecular formula is C16H21ClN2. The van der Waals surface area contributed by atoms with Crippen molar-refractivity contribution in [2.45, 2.75) is 45.5 Å². The van der Waals surface area contributed by atoms with E-state index in [1.54, 1.807) is 0 Å². The molecular weight excluding hydrogens is 256 g/mol. The maximum absolute atomic E-state index is 6.31. The molecule has 3 heteroatoms. The third-order valence-corrected chi connectivity index (χ3v) is 4.38. The molecule has 0 bridgehead atoms. The highest BCUT2D eigenvalue weighted by Gasteiger charge is 2.29. The van der Waals surface area contributed by atoms with Crippen LogP contribution in [0.1, 0.15) is 43.5 Å². The molecule has 1 aliphatic rings. The minimum absolute atomic E-state index is 0.0425. The number of benzene rings is 1. The Hall–Kier alpha value is -1.02. The van der Waals surface area contributed by atoms with Gasteiger partial charge in [0.2, 0.25) is 0 Å². The molecule has 1 saturated carbocycles. The van der Waals surface area contributed by atoms with Gasteiger partial charge >= 0.3 is 0 Å². The number of fused-ring (bicyclic) bond motifs is 1. The van der Waals surface area contributed by atoms with Crippen molar-refractivity contribution < 1.29 is 0 Å². The first kappa shape index (κ1) is 13.0. The maximum atomic E-state index is 6.31. The van der Waals surface area contributed by atoms with E-state index in [1.807, 2.05) is 6.92 Å². The van der Waals surface area contributed by atoms with Gasteiger partial charge in [-0.3, -0.25) is 0 Å². The molecule has 2 nitrogen and oxygen atoms in total. The van der Waals surface area contributed by atoms with Gasteiger partial charge in [0, 0.05) is 6.54 Å². The highest BCUT2D eigenvalue weighted by molar-refractivity contribution is 6.20. The first-order valence-electron chi connectivity index (χ1n) is 7.17. The maximum Gasteiger partial charge on any atom is 0.127 e. The van der Waals surface area contributed by atoms with Gasteiger partial charge in [-0.05, 0) is 56.2 Å². The largest absolute Gasteiger partial charge is 0.326 e. The molecule has 0 spiro atoms. The van der Waals surface area contributed by atoms with Crippen LogP contribution in [0.25, 0.3) is 11.0 Å². The fourth-order valence-electron chi connectivity index (χ4n) is 2.86. The zero-order valence-electron chi connectivity index (χ0n) is 11.9. The van der Waals surface area contributed by atoms with E-state index in [9.17, 15) is 0 Å². The van der Waals surface area contributed by atoms with Crippen molar-refractivity contribution in [1.29, 1.82) is 0 Å². The lowest BCUT2D eigenvalue weighted by Crippen LogP contribution is -2.12. The summed E-state index contributed by atoms with van der Waals surface area (Å²) in [5.74, 6) is 2.63. The predicted octanol–water partition coefficient (Wildman–Crippen LogP) is 4.69. The van der Waals surface area contributed by atoms with Crippen molar-refractivity contribution in [3.63, 3.8) is 0 Å². The van der Waals surface area contributed by atoms with E-state index < -0.39 is 0 Å². The number of hydrogen-bond acceptors (Lipinski definition) is 1. The minimum atomic E-state index is -0.0425. The molecule has 3 rings (SSSR count). The SMILES string of the molecule is Cc1ccc2c(c1)nc(C(C)Cl)n2CC(C)C1CC1. The Bertz CT molecular complexity index is 596. The van der Waals surface area contributed by atoms with Crippen LogP contribution in [-0.2, 0) is 6.54 Å². The van der Waals surface area contributed by atoms with E-state index in [0.717, 1.165) is 23.8 Å². The fourth-order valence-corrected chi connectivity index (χ4v) is 3.02. The highest BCUT2D eigenvalue weighted by atomic mass is 35.5. The summed E-state index contributed by atoms with van der Waals surface area (Å²) < 4.78 is 2.33. The second-order valence-corrected chi connectivity index (χ2v) is 6.66. The molecule has 1 aliphatic carbocycles. The van der Waals surface area contributed by atoms with Gasteiger partial charge in [0.05, 0.1) is 16.4 Å². The Labute approximate surface area is 119 Å². The first-order chi connectivity index (χ1) is 9.06. The number of alkyl halides is 1. The summed E-state index contributed by atoms with van der Waals surface area (Å²) in [5, 5.41) is -0.0425. The average Bonchev–Trinajstić information content (AvgIpc) is 3.13. The molecule has 0 saturated heterocycles. The Morgan fingerprint density at radius 2 is 2.11 bits per heavy atom. The Morgan fingerprint density at radius 3 is 2.74 bits per heavy atom. The number of hydrogen-bond donors (Lipinski definition) is 0. The summed E-state index contributed by atoms with van der Waals surface area (Å²) in [6, 6.07) is 6.49. The molecule has 1 aromatic heterocycles. The standard InChI is InChI=1S/C16H21ClN2/c1-10-4-7-15-14(8-10)18-16(12(3)17)19(15)9-11(2)13-5-6-13/h4,7-8,11-13H,5-6,9H2,1-3H3. The van der Waals surface area contributed by atoms with Gasteiger partial charge in [0.25, 0.3) is 0 Å². The van der Waals surface area contributed by atoms with E-state index in [1.165, 1.54) is 23.9 Å². The summed E-state index contributed by atoms with van der Waals surface area (Å²) in [6.07, 6.45) is 2.78. The second-order valence-electron chi connectivity index (χ2n) is 6.00. The van der Waals surface area contributed by atoms with Gasteiger partial charge in [-0.15, -0.1) is 11.6 Å². The quantitative estimate of drug-likeness (QED) is 0.741. The molecule has 1 heterocycles. The van der Waals surface area contributed by atoms with Crippen LogP contribution in [-0.4, -0.2) is 9.55 Å². The van der Waals surface area contributed by atoms with Crippen LogP contribution < -0.4 is 0 Å². The van der Waals surface area contributed by atoms with Gasteiger partial charge in [0.1, 0.15) is 5.82 Å². The molecule has 19 heavy (non-hydrogen) atoms. The van der Waals surface area contributed by atoms with Crippen LogP contribution in [0.2, 0.25) is 0 Å². The molecule has 1 fully saturated rings. The van der Waals surface area contributed by atoms with Gasteiger partial charge in [-0.25, -0.2) is 4.98 Å². The second kappa shape index (κ2) is 4.82. The molecule has 2 aromatic rings. The third-order valence-electron chi connectivity index (χ3n) is 4.19. The number of aromatic nitrogens is 2. The molecule has 102 valence electrons. The lowest BCUT2D eigenvalue weighted by Gasteiger charge is -2.15. The predicted molar refractivity (Wildman–Crippen MR) is 80.6 cm³/mol. The van der Waals surface area contributed by atoms with Crippen LogP contribution >= 0.6 is 11.6 Å². The summed E-state index contributed by atoms with van der Waals surface area (Å²) in [5.41, 5.74) is 3.55. The third kappa shape index (κ3) is 2.51. The first-order valence-corrected chi connectivity index (χ1v) is 7.60. The summed E-state index contributed by atoms with van der Waals surface area (Å²) >= 11 is 6.31. The van der Waals surface area contributed by atoms with Crippen molar-refractivity contribution >= 4 is 22.6 Å². The molecule has 0 radical (unpaired) electrons. The van der Waals surface area contributed by atoms with Crippen LogP contribution in [0.15, 0.2) is 18.2 Å². The number of halogens is 1. The molecule has 1 aromatic carbocycles. The van der Waals surface area contributed by atoms with Gasteiger partial charge in [0.15, 0.2) is 0 Å². The number of aryl methyl sites for hydroxylation is 1. The highest BCUT2D eigenvalue weighted by Crippen LogP contribution is 2.38. The molecule has 2 unspecified atom stereocenters. The van der Waals surface area contributed by atoms with Crippen LogP contribution in [0.3, 0.4) is 0 Å². The minimum Gasteiger partial charge on any atom is -0.326 e. The van der Waals surface area contributed by atoms with Crippen LogP contribution in [0.5, 0.6) is 0 Å². The van der Waals surface area contributed by atoms with Crippen molar-refractivity contribution in [3.05, 3.63) is 29.6 Å². The summed E-state index contributed by atoms with van der Waals surface area (Å²) in [4.78, 5) is 4.74. The van der Waals surface area contributed by atoms with Gasteiger partial charge in [-0.1, -0.05) is 13.0 Å². The van der Waals surface area contributed by atoms with Crippen molar-refractivity contribution in [3.8, 4) is 0 Å². The number of imidazole rings is 1. The fraction of sp³-hybridized carbons (Fsp3) is 0.562. The topological polar surface area (TPSA) is 17.8 Å². The molecule has 0 N–H and O–H groups in total. The van der Waals surface area contributed by atoms with Gasteiger partial charge < -0.3 is 4.57 Å². The lowest BCUT2D eigenvalue weighted by molar-refractivity contribution is 0.428. The number of nitrogens with zero attached hydrogens (tertiary/aromatic N) is 2. The van der Waals surface area contributed by atoms with Crippen molar-refractivity contribution in [1.82, 2.24) is 9.55 Å². The Balaban J connectivity index is 2.05. The lowest BCUT2D eigenvalue weighted by atomic mass is 10.1. The smallest absolute Gasteiger partial charge is 0.127 e. The summed E-state index contributed by atoms with van der Waals surface area (Å²) in [7, 11) is 0. The van der Waals surface area contributed by atoms with Crippen molar-refractivity contribution in [2.24, 2.45) is 11.8 Å². The van der Waals surface area contributed by atoms with E-state index in [0.29, 0.717) is 5.92 Å².